The van der Waals surface area contributed by atoms with Crippen molar-refractivity contribution in [1.82, 2.24) is 15.6 Å². The molecule has 0 radical (unpaired) electrons. The normalized spacial score (nSPS) is 22.0. The van der Waals surface area contributed by atoms with Gasteiger partial charge in [0.15, 0.2) is 0 Å². The number of nitrogens with zero attached hydrogens (tertiary/aromatic N) is 2. The number of thiophene rings is 1. The van der Waals surface area contributed by atoms with Crippen molar-refractivity contribution in [3.8, 4) is 5.75 Å². The summed E-state index contributed by atoms with van der Waals surface area (Å²) in [4.78, 5) is 34.0. The van der Waals surface area contributed by atoms with Gasteiger partial charge in [0.25, 0.3) is 5.91 Å². The minimum atomic E-state index is -0.836. The average molecular weight is 550 g/mol. The highest BCUT2D eigenvalue weighted by molar-refractivity contribution is 7.21. The maximum atomic E-state index is 13.4. The van der Waals surface area contributed by atoms with Crippen molar-refractivity contribution in [3.05, 3.63) is 54.1 Å². The molecule has 3 aliphatic rings. The second kappa shape index (κ2) is 10.9. The third-order valence-electron chi connectivity index (χ3n) is 7.46. The molecular formula is C28H31N5O5S. The Labute approximate surface area is 230 Å². The molecule has 0 spiro atoms. The van der Waals surface area contributed by atoms with Gasteiger partial charge in [-0.3, -0.25) is 15.0 Å². The molecule has 6 rings (SSSR count). The molecule has 11 heteroatoms. The molecule has 0 bridgehead atoms. The van der Waals surface area contributed by atoms with Crippen LogP contribution in [0.4, 0.5) is 21.9 Å². The Morgan fingerprint density at radius 3 is 2.74 bits per heavy atom. The number of urea groups is 1. The Bertz CT molecular complexity index is 1390. The van der Waals surface area contributed by atoms with Gasteiger partial charge in [0, 0.05) is 31.1 Å². The summed E-state index contributed by atoms with van der Waals surface area (Å²) in [6, 6.07) is 8.68. The summed E-state index contributed by atoms with van der Waals surface area (Å²) in [5.74, 6) is 0.479. The lowest BCUT2D eigenvalue weighted by Gasteiger charge is -2.29. The van der Waals surface area contributed by atoms with Crippen LogP contribution in [0.5, 0.6) is 5.75 Å². The van der Waals surface area contributed by atoms with Crippen LogP contribution >= 0.6 is 11.3 Å². The van der Waals surface area contributed by atoms with Crippen molar-refractivity contribution in [3.63, 3.8) is 0 Å². The van der Waals surface area contributed by atoms with Gasteiger partial charge in [0.2, 0.25) is 0 Å². The van der Waals surface area contributed by atoms with Crippen molar-refractivity contribution in [1.29, 1.82) is 0 Å². The second-order valence-electron chi connectivity index (χ2n) is 9.97. The first-order chi connectivity index (χ1) is 19.0. The predicted molar refractivity (Wildman–Crippen MR) is 150 cm³/mol. The van der Waals surface area contributed by atoms with E-state index in [9.17, 15) is 14.7 Å². The van der Waals surface area contributed by atoms with Crippen LogP contribution in [0.25, 0.3) is 10.2 Å². The van der Waals surface area contributed by atoms with Gasteiger partial charge < -0.3 is 25.2 Å². The predicted octanol–water partition coefficient (Wildman–Crippen LogP) is 4.28. The van der Waals surface area contributed by atoms with E-state index >= 15 is 0 Å². The number of aliphatic hydroxyl groups excluding tert-OH is 1. The lowest BCUT2D eigenvalue weighted by Crippen LogP contribution is -2.49. The summed E-state index contributed by atoms with van der Waals surface area (Å²) >= 11 is 1.25. The van der Waals surface area contributed by atoms with Gasteiger partial charge >= 0.3 is 6.03 Å². The molecule has 3 amide bonds. The van der Waals surface area contributed by atoms with Crippen molar-refractivity contribution < 1.29 is 24.2 Å². The molecule has 1 aliphatic carbocycles. The summed E-state index contributed by atoms with van der Waals surface area (Å²) in [6.45, 7) is 5.01. The fourth-order valence-corrected chi connectivity index (χ4v) is 6.54. The number of anilines is 3. The lowest BCUT2D eigenvalue weighted by atomic mass is 10.1. The number of carbonyl (C=O) groups excluding carboxylic acids is 2. The second-order valence-corrected chi connectivity index (χ2v) is 11.0. The van der Waals surface area contributed by atoms with E-state index in [-0.39, 0.29) is 30.1 Å². The van der Waals surface area contributed by atoms with E-state index in [0.29, 0.717) is 40.0 Å². The number of nitrogens with one attached hydrogen (secondary N) is 3. The number of rotatable bonds is 8. The van der Waals surface area contributed by atoms with Gasteiger partial charge in [-0.15, -0.1) is 11.3 Å². The van der Waals surface area contributed by atoms with Crippen LogP contribution in [0.15, 0.2) is 49.2 Å². The van der Waals surface area contributed by atoms with E-state index in [2.05, 4.69) is 27.5 Å². The largest absolute Gasteiger partial charge is 0.490 e. The van der Waals surface area contributed by atoms with Crippen LogP contribution in [0.3, 0.4) is 0 Å². The fraction of sp³-hybridized carbons (Fsp3) is 0.393. The van der Waals surface area contributed by atoms with Crippen molar-refractivity contribution in [2.45, 2.75) is 56.5 Å². The smallest absolute Gasteiger partial charge is 0.331 e. The fourth-order valence-electron chi connectivity index (χ4n) is 5.51. The molecule has 4 heterocycles. The van der Waals surface area contributed by atoms with Crippen LogP contribution < -0.4 is 25.6 Å². The minimum Gasteiger partial charge on any atom is -0.490 e. The molecule has 39 heavy (non-hydrogen) atoms. The topological polar surface area (TPSA) is 125 Å². The number of pyridine rings is 1. The van der Waals surface area contributed by atoms with Crippen molar-refractivity contribution in [2.24, 2.45) is 0 Å². The standard InChI is InChI=1S/C28H31N5O5S/c1-2-22(34)30-19-4-3-5-20(19)31-26(35)25-24-23-21(10-13-29-27(23)39-25)33(28(36)32-24)16-6-8-17(9-7-16)38-18-11-14-37-15-12-18/h2,6-10,13,18-20,22,30,34H,1,3-5,11-12,14-15H2,(H,31,35)(H,32,36)/t19-,20+,22?/m0/s1. The molecule has 2 fully saturated rings. The average Bonchev–Trinajstić information content (AvgIpc) is 3.54. The molecule has 2 aliphatic heterocycles. The van der Waals surface area contributed by atoms with Crippen LogP contribution in [-0.2, 0) is 4.74 Å². The summed E-state index contributed by atoms with van der Waals surface area (Å²) in [6.07, 6.45) is 6.66. The zero-order valence-corrected chi connectivity index (χ0v) is 22.2. The SMILES string of the molecule is C=CC(O)N[C@H]1CCC[C@H]1NC(=O)c1sc2nccc3c2c1NC(=O)N3c1ccc(OC2CCOCC2)cc1. The van der Waals surface area contributed by atoms with Crippen LogP contribution in [-0.4, -0.2) is 59.7 Å². The van der Waals surface area contributed by atoms with Gasteiger partial charge in [0.1, 0.15) is 27.8 Å². The molecule has 1 unspecified atom stereocenters. The minimum absolute atomic E-state index is 0.0650. The molecule has 1 saturated carbocycles. The quantitative estimate of drug-likeness (QED) is 0.244. The highest BCUT2D eigenvalue weighted by atomic mass is 32.1. The maximum Gasteiger partial charge on any atom is 0.331 e. The molecule has 204 valence electrons. The molecule has 10 nitrogen and oxygen atoms in total. The van der Waals surface area contributed by atoms with Crippen LogP contribution in [0, 0.1) is 0 Å². The van der Waals surface area contributed by atoms with E-state index in [4.69, 9.17) is 9.47 Å². The Morgan fingerprint density at radius 1 is 1.21 bits per heavy atom. The van der Waals surface area contributed by atoms with E-state index in [1.165, 1.54) is 17.4 Å². The van der Waals surface area contributed by atoms with E-state index in [1.54, 1.807) is 17.2 Å². The van der Waals surface area contributed by atoms with Gasteiger partial charge in [0.05, 0.1) is 35.7 Å². The van der Waals surface area contributed by atoms with Gasteiger partial charge in [-0.25, -0.2) is 9.78 Å². The summed E-state index contributed by atoms with van der Waals surface area (Å²) < 4.78 is 11.5. The van der Waals surface area contributed by atoms with Crippen LogP contribution in [0.1, 0.15) is 41.8 Å². The van der Waals surface area contributed by atoms with Gasteiger partial charge in [-0.05, 0) is 55.7 Å². The Kier molecular flexibility index (Phi) is 7.22. The zero-order valence-electron chi connectivity index (χ0n) is 21.4. The highest BCUT2D eigenvalue weighted by Gasteiger charge is 2.35. The number of amides is 3. The first-order valence-electron chi connectivity index (χ1n) is 13.3. The van der Waals surface area contributed by atoms with Crippen molar-refractivity contribution in [2.75, 3.05) is 23.4 Å². The van der Waals surface area contributed by atoms with Gasteiger partial charge in [-0.2, -0.15) is 0 Å². The number of hydrogen-bond acceptors (Lipinski definition) is 8. The summed E-state index contributed by atoms with van der Waals surface area (Å²) in [5, 5.41) is 19.8. The first-order valence-corrected chi connectivity index (χ1v) is 14.1. The third kappa shape index (κ3) is 5.10. The molecule has 3 atom stereocenters. The number of benzene rings is 1. The molecule has 1 aromatic carbocycles. The summed E-state index contributed by atoms with van der Waals surface area (Å²) in [5.41, 5.74) is 1.83. The molecular weight excluding hydrogens is 518 g/mol. The zero-order chi connectivity index (χ0) is 26.9. The lowest BCUT2D eigenvalue weighted by molar-refractivity contribution is 0.0256. The first kappa shape index (κ1) is 25.8. The number of aliphatic hydroxyl groups is 1. The molecule has 2 aromatic heterocycles. The Hall–Kier alpha value is -3.51. The summed E-state index contributed by atoms with van der Waals surface area (Å²) in [7, 11) is 0. The van der Waals surface area contributed by atoms with E-state index < -0.39 is 6.23 Å². The molecule has 1 saturated heterocycles. The Morgan fingerprint density at radius 2 is 1.97 bits per heavy atom. The van der Waals surface area contributed by atoms with E-state index in [0.717, 1.165) is 43.2 Å². The Balaban J connectivity index is 1.25. The number of aromatic nitrogens is 1. The van der Waals surface area contributed by atoms with Crippen LogP contribution in [0.2, 0.25) is 0 Å². The maximum absolute atomic E-state index is 13.4. The van der Waals surface area contributed by atoms with Gasteiger partial charge in [-0.1, -0.05) is 6.58 Å². The molecule has 3 aromatic rings. The highest BCUT2D eigenvalue weighted by Crippen LogP contribution is 2.46. The van der Waals surface area contributed by atoms with Crippen molar-refractivity contribution >= 4 is 50.6 Å². The van der Waals surface area contributed by atoms with E-state index in [1.807, 2.05) is 24.3 Å². The number of hydrogen-bond donors (Lipinski definition) is 4. The molecule has 4 N–H and O–H groups in total. The number of ether oxygens (including phenoxy) is 2. The third-order valence-corrected chi connectivity index (χ3v) is 8.56. The number of carbonyl (C=O) groups is 2. The monoisotopic (exact) mass is 549 g/mol.